The summed E-state index contributed by atoms with van der Waals surface area (Å²) in [6.45, 7) is 7.49. The second-order valence-corrected chi connectivity index (χ2v) is 9.68. The standard InChI is InChI=1S/C26H30N2O3S/c1-5-21-11-9-12-22(6-2)26(21)27-25(29)18-28(24-13-8-7-10-20(24)4)32(30,31)23-16-14-19(3)15-17-23/h7-17H,5-6,18H2,1-4H3,(H,27,29). The van der Waals surface area contributed by atoms with E-state index in [0.29, 0.717) is 5.69 Å². The van der Waals surface area contributed by atoms with Gasteiger partial charge in [0.25, 0.3) is 10.0 Å². The average molecular weight is 451 g/mol. The first-order valence-electron chi connectivity index (χ1n) is 10.8. The van der Waals surface area contributed by atoms with Gasteiger partial charge in [0.05, 0.1) is 10.6 Å². The molecule has 0 saturated heterocycles. The van der Waals surface area contributed by atoms with Crippen LogP contribution in [0.1, 0.15) is 36.1 Å². The van der Waals surface area contributed by atoms with Crippen LogP contribution < -0.4 is 9.62 Å². The van der Waals surface area contributed by atoms with Crippen LogP contribution in [-0.2, 0) is 27.7 Å². The highest BCUT2D eigenvalue weighted by molar-refractivity contribution is 7.92. The Kier molecular flexibility index (Phi) is 7.36. The number of sulfonamides is 1. The average Bonchev–Trinajstić information content (AvgIpc) is 2.78. The number of para-hydroxylation sites is 2. The van der Waals surface area contributed by atoms with Crippen molar-refractivity contribution in [1.82, 2.24) is 0 Å². The number of carbonyl (C=O) groups is 1. The van der Waals surface area contributed by atoms with Crippen LogP contribution in [0.2, 0.25) is 0 Å². The summed E-state index contributed by atoms with van der Waals surface area (Å²) in [5.41, 5.74) is 5.07. The van der Waals surface area contributed by atoms with E-state index >= 15 is 0 Å². The molecule has 3 aromatic rings. The predicted molar refractivity (Wildman–Crippen MR) is 131 cm³/mol. The molecule has 32 heavy (non-hydrogen) atoms. The summed E-state index contributed by atoms with van der Waals surface area (Å²) in [5.74, 6) is -0.375. The minimum Gasteiger partial charge on any atom is -0.324 e. The molecule has 3 aromatic carbocycles. The Morgan fingerprint density at radius 3 is 2.00 bits per heavy atom. The normalized spacial score (nSPS) is 11.2. The molecule has 0 aliphatic heterocycles. The fourth-order valence-electron chi connectivity index (χ4n) is 3.69. The lowest BCUT2D eigenvalue weighted by molar-refractivity contribution is -0.114. The van der Waals surface area contributed by atoms with Gasteiger partial charge < -0.3 is 5.32 Å². The molecule has 1 N–H and O–H groups in total. The molecule has 0 heterocycles. The van der Waals surface area contributed by atoms with Gasteiger partial charge in [-0.2, -0.15) is 0 Å². The van der Waals surface area contributed by atoms with Crippen molar-refractivity contribution in [2.45, 2.75) is 45.4 Å². The van der Waals surface area contributed by atoms with Crippen LogP contribution in [0, 0.1) is 13.8 Å². The Balaban J connectivity index is 2.00. The van der Waals surface area contributed by atoms with Crippen molar-refractivity contribution < 1.29 is 13.2 Å². The number of carbonyl (C=O) groups excluding carboxylic acids is 1. The predicted octanol–water partition coefficient (Wildman–Crippen LogP) is 5.26. The summed E-state index contributed by atoms with van der Waals surface area (Å²) >= 11 is 0. The number of anilines is 2. The highest BCUT2D eigenvalue weighted by Gasteiger charge is 2.28. The maximum absolute atomic E-state index is 13.6. The lowest BCUT2D eigenvalue weighted by Gasteiger charge is -2.26. The fraction of sp³-hybridized carbons (Fsp3) is 0.269. The van der Waals surface area contributed by atoms with E-state index < -0.39 is 10.0 Å². The molecular weight excluding hydrogens is 420 g/mol. The fourth-order valence-corrected chi connectivity index (χ4v) is 5.18. The molecule has 0 spiro atoms. The third-order valence-electron chi connectivity index (χ3n) is 5.54. The number of hydrogen-bond acceptors (Lipinski definition) is 3. The molecular formula is C26H30N2O3S. The Bertz CT molecular complexity index is 1180. The summed E-state index contributed by atoms with van der Waals surface area (Å²) in [7, 11) is -3.94. The lowest BCUT2D eigenvalue weighted by atomic mass is 10.0. The molecule has 0 aliphatic carbocycles. The molecule has 168 valence electrons. The molecule has 1 amide bonds. The van der Waals surface area contributed by atoms with E-state index in [-0.39, 0.29) is 17.3 Å². The van der Waals surface area contributed by atoms with Crippen molar-refractivity contribution in [2.75, 3.05) is 16.2 Å². The molecule has 3 rings (SSSR count). The maximum atomic E-state index is 13.6. The summed E-state index contributed by atoms with van der Waals surface area (Å²) < 4.78 is 28.3. The van der Waals surface area contributed by atoms with E-state index in [4.69, 9.17) is 0 Å². The quantitative estimate of drug-likeness (QED) is 0.509. The van der Waals surface area contributed by atoms with Gasteiger partial charge in [-0.25, -0.2) is 8.42 Å². The summed E-state index contributed by atoms with van der Waals surface area (Å²) in [6, 6.07) is 19.8. The van der Waals surface area contributed by atoms with Crippen LogP contribution in [0.25, 0.3) is 0 Å². The van der Waals surface area contributed by atoms with Crippen LogP contribution in [0.15, 0.2) is 71.6 Å². The zero-order valence-corrected chi connectivity index (χ0v) is 19.9. The molecule has 6 heteroatoms. The van der Waals surface area contributed by atoms with Crippen LogP contribution in [0.4, 0.5) is 11.4 Å². The largest absolute Gasteiger partial charge is 0.324 e. The van der Waals surface area contributed by atoms with Gasteiger partial charge >= 0.3 is 0 Å². The lowest BCUT2D eigenvalue weighted by Crippen LogP contribution is -2.38. The van der Waals surface area contributed by atoms with Gasteiger partial charge in [0.1, 0.15) is 6.54 Å². The number of aryl methyl sites for hydroxylation is 4. The molecule has 0 aliphatic rings. The van der Waals surface area contributed by atoms with E-state index in [0.717, 1.165) is 40.8 Å². The first-order chi connectivity index (χ1) is 15.3. The van der Waals surface area contributed by atoms with E-state index in [1.54, 1.807) is 36.4 Å². The van der Waals surface area contributed by atoms with E-state index in [9.17, 15) is 13.2 Å². The molecule has 5 nitrogen and oxygen atoms in total. The molecule has 0 bridgehead atoms. The highest BCUT2D eigenvalue weighted by atomic mass is 32.2. The van der Waals surface area contributed by atoms with Gasteiger partial charge in [0.15, 0.2) is 0 Å². The molecule has 0 aromatic heterocycles. The van der Waals surface area contributed by atoms with E-state index in [1.165, 1.54) is 4.31 Å². The smallest absolute Gasteiger partial charge is 0.264 e. The minimum absolute atomic E-state index is 0.155. The van der Waals surface area contributed by atoms with Gasteiger partial charge in [-0.15, -0.1) is 0 Å². The summed E-state index contributed by atoms with van der Waals surface area (Å²) in [4.78, 5) is 13.3. The third kappa shape index (κ3) is 5.02. The first kappa shape index (κ1) is 23.5. The minimum atomic E-state index is -3.94. The molecule has 0 unspecified atom stereocenters. The molecule has 0 radical (unpaired) electrons. The van der Waals surface area contributed by atoms with Gasteiger partial charge in [0, 0.05) is 5.69 Å². The molecule has 0 atom stereocenters. The molecule has 0 saturated carbocycles. The third-order valence-corrected chi connectivity index (χ3v) is 7.32. The van der Waals surface area contributed by atoms with E-state index in [2.05, 4.69) is 5.32 Å². The number of nitrogens with one attached hydrogen (secondary N) is 1. The Hall–Kier alpha value is -3.12. The topological polar surface area (TPSA) is 66.5 Å². The monoisotopic (exact) mass is 450 g/mol. The van der Waals surface area contributed by atoms with Crippen LogP contribution >= 0.6 is 0 Å². The number of benzene rings is 3. The molecule has 0 fully saturated rings. The van der Waals surface area contributed by atoms with Crippen molar-refractivity contribution >= 4 is 27.3 Å². The second-order valence-electron chi connectivity index (χ2n) is 7.82. The zero-order valence-electron chi connectivity index (χ0n) is 19.1. The second kappa shape index (κ2) is 10.0. The number of amides is 1. The van der Waals surface area contributed by atoms with Gasteiger partial charge in [0.2, 0.25) is 5.91 Å². The number of rotatable bonds is 8. The Morgan fingerprint density at radius 2 is 1.44 bits per heavy atom. The van der Waals surface area contributed by atoms with Crippen molar-refractivity contribution in [2.24, 2.45) is 0 Å². The summed E-state index contributed by atoms with van der Waals surface area (Å²) in [5, 5.41) is 2.99. The van der Waals surface area contributed by atoms with Crippen LogP contribution in [0.5, 0.6) is 0 Å². The van der Waals surface area contributed by atoms with Crippen LogP contribution in [-0.4, -0.2) is 20.9 Å². The highest BCUT2D eigenvalue weighted by Crippen LogP contribution is 2.28. The Morgan fingerprint density at radius 1 is 0.844 bits per heavy atom. The van der Waals surface area contributed by atoms with Gasteiger partial charge in [-0.1, -0.05) is 67.9 Å². The number of hydrogen-bond donors (Lipinski definition) is 1. The Labute approximate surface area is 191 Å². The summed E-state index contributed by atoms with van der Waals surface area (Å²) in [6.07, 6.45) is 1.54. The van der Waals surface area contributed by atoms with Gasteiger partial charge in [-0.05, 0) is 61.6 Å². The zero-order chi connectivity index (χ0) is 23.3. The number of nitrogens with zero attached hydrogens (tertiary/aromatic N) is 1. The SMILES string of the molecule is CCc1cccc(CC)c1NC(=O)CN(c1ccccc1C)S(=O)(=O)c1ccc(C)cc1. The first-order valence-corrected chi connectivity index (χ1v) is 12.3. The van der Waals surface area contributed by atoms with Crippen molar-refractivity contribution in [1.29, 1.82) is 0 Å². The van der Waals surface area contributed by atoms with Crippen molar-refractivity contribution in [3.63, 3.8) is 0 Å². The van der Waals surface area contributed by atoms with Crippen molar-refractivity contribution in [3.05, 3.63) is 89.0 Å². The van der Waals surface area contributed by atoms with Crippen molar-refractivity contribution in [3.8, 4) is 0 Å². The van der Waals surface area contributed by atoms with Crippen LogP contribution in [0.3, 0.4) is 0 Å². The van der Waals surface area contributed by atoms with Gasteiger partial charge in [-0.3, -0.25) is 9.10 Å². The maximum Gasteiger partial charge on any atom is 0.264 e. The van der Waals surface area contributed by atoms with E-state index in [1.807, 2.05) is 58.0 Å².